The molecule has 0 saturated carbocycles. The van der Waals surface area contributed by atoms with Gasteiger partial charge in [-0.1, -0.05) is 11.6 Å². The fraction of sp³-hybridized carbons (Fsp3) is 0.444. The lowest BCUT2D eigenvalue weighted by molar-refractivity contribution is 0.586. The van der Waals surface area contributed by atoms with E-state index in [2.05, 4.69) is 4.98 Å². The molecule has 5 nitrogen and oxygen atoms in total. The zero-order valence-electron chi connectivity index (χ0n) is 8.56. The summed E-state index contributed by atoms with van der Waals surface area (Å²) in [5, 5.41) is 0.458. The van der Waals surface area contributed by atoms with E-state index >= 15 is 0 Å². The van der Waals surface area contributed by atoms with E-state index in [9.17, 15) is 8.42 Å². The van der Waals surface area contributed by atoms with E-state index < -0.39 is 9.84 Å². The van der Waals surface area contributed by atoms with E-state index in [1.54, 1.807) is 6.07 Å². The molecule has 1 aromatic rings. The fourth-order valence-corrected chi connectivity index (χ4v) is 3.10. The third-order valence-electron chi connectivity index (χ3n) is 2.49. The molecule has 1 aliphatic heterocycles. The molecule has 2 N–H and O–H groups in total. The smallest absolute Gasteiger partial charge is 0.153 e. The summed E-state index contributed by atoms with van der Waals surface area (Å²) >= 11 is 6.00. The zero-order valence-corrected chi connectivity index (χ0v) is 10.1. The van der Waals surface area contributed by atoms with Crippen molar-refractivity contribution in [2.24, 2.45) is 0 Å². The van der Waals surface area contributed by atoms with Crippen molar-refractivity contribution in [3.05, 3.63) is 17.3 Å². The predicted molar refractivity (Wildman–Crippen MR) is 64.5 cm³/mol. The SMILES string of the molecule is Nc1cnc(N2CCS(=O)(=O)CC2)c(Cl)c1. The van der Waals surface area contributed by atoms with Crippen LogP contribution in [-0.2, 0) is 9.84 Å². The van der Waals surface area contributed by atoms with Crippen LogP contribution < -0.4 is 10.6 Å². The van der Waals surface area contributed by atoms with E-state index in [-0.39, 0.29) is 11.5 Å². The quantitative estimate of drug-likeness (QED) is 0.799. The first-order valence-electron chi connectivity index (χ1n) is 4.84. The number of anilines is 2. The monoisotopic (exact) mass is 261 g/mol. The highest BCUT2D eigenvalue weighted by Gasteiger charge is 2.23. The molecular weight excluding hydrogens is 250 g/mol. The van der Waals surface area contributed by atoms with Gasteiger partial charge in [0.25, 0.3) is 0 Å². The number of nitrogens with two attached hydrogens (primary N) is 1. The predicted octanol–water partition coefficient (Wildman–Crippen LogP) is 0.552. The maximum atomic E-state index is 11.3. The van der Waals surface area contributed by atoms with Crippen molar-refractivity contribution in [1.82, 2.24) is 4.98 Å². The Bertz CT molecular complexity index is 489. The number of nitrogens with zero attached hydrogens (tertiary/aromatic N) is 2. The van der Waals surface area contributed by atoms with Crippen LogP contribution in [0.15, 0.2) is 12.3 Å². The first-order valence-corrected chi connectivity index (χ1v) is 7.04. The summed E-state index contributed by atoms with van der Waals surface area (Å²) in [5.41, 5.74) is 6.04. The van der Waals surface area contributed by atoms with E-state index in [4.69, 9.17) is 17.3 Å². The van der Waals surface area contributed by atoms with Crippen LogP contribution in [0.4, 0.5) is 11.5 Å². The van der Waals surface area contributed by atoms with Crippen molar-refractivity contribution in [2.45, 2.75) is 0 Å². The summed E-state index contributed by atoms with van der Waals surface area (Å²) in [5.74, 6) is 0.899. The third-order valence-corrected chi connectivity index (χ3v) is 4.37. The Morgan fingerprint density at radius 2 is 2.00 bits per heavy atom. The van der Waals surface area contributed by atoms with Crippen LogP contribution >= 0.6 is 11.6 Å². The molecule has 2 heterocycles. The molecule has 1 aliphatic rings. The van der Waals surface area contributed by atoms with Gasteiger partial charge in [-0.05, 0) is 6.07 Å². The van der Waals surface area contributed by atoms with Crippen LogP contribution in [0.5, 0.6) is 0 Å². The van der Waals surface area contributed by atoms with E-state index in [1.165, 1.54) is 6.20 Å². The van der Waals surface area contributed by atoms with E-state index in [0.717, 1.165) is 0 Å². The van der Waals surface area contributed by atoms with Crippen LogP contribution in [-0.4, -0.2) is 38.0 Å². The van der Waals surface area contributed by atoms with Crippen molar-refractivity contribution >= 4 is 32.9 Å². The zero-order chi connectivity index (χ0) is 11.8. The van der Waals surface area contributed by atoms with Gasteiger partial charge in [-0.15, -0.1) is 0 Å². The Labute approximate surface area is 99.1 Å². The van der Waals surface area contributed by atoms with Gasteiger partial charge >= 0.3 is 0 Å². The van der Waals surface area contributed by atoms with Crippen molar-refractivity contribution in [3.63, 3.8) is 0 Å². The molecule has 1 aromatic heterocycles. The second kappa shape index (κ2) is 4.10. The number of nitrogen functional groups attached to an aromatic ring is 1. The molecule has 0 aromatic carbocycles. The van der Waals surface area contributed by atoms with Gasteiger partial charge in [-0.3, -0.25) is 0 Å². The number of rotatable bonds is 1. The van der Waals surface area contributed by atoms with Crippen LogP contribution in [0.1, 0.15) is 0 Å². The Morgan fingerprint density at radius 1 is 1.38 bits per heavy atom. The molecule has 0 amide bonds. The van der Waals surface area contributed by atoms with Gasteiger partial charge in [0, 0.05) is 13.1 Å². The average Bonchev–Trinajstić information content (AvgIpc) is 2.19. The Balaban J connectivity index is 2.20. The third kappa shape index (κ3) is 2.38. The minimum atomic E-state index is -2.88. The maximum Gasteiger partial charge on any atom is 0.153 e. The summed E-state index contributed by atoms with van der Waals surface area (Å²) in [6, 6.07) is 1.62. The van der Waals surface area contributed by atoms with Gasteiger partial charge < -0.3 is 10.6 Å². The standard InChI is InChI=1S/C9H12ClN3O2S/c10-8-5-7(11)6-12-9(8)13-1-3-16(14,15)4-2-13/h5-6H,1-4,11H2. The number of aromatic nitrogens is 1. The van der Waals surface area contributed by atoms with Crippen molar-refractivity contribution in [3.8, 4) is 0 Å². The average molecular weight is 262 g/mol. The largest absolute Gasteiger partial charge is 0.397 e. The molecule has 2 rings (SSSR count). The summed E-state index contributed by atoms with van der Waals surface area (Å²) in [4.78, 5) is 5.99. The molecule has 1 fully saturated rings. The lowest BCUT2D eigenvalue weighted by Gasteiger charge is -2.28. The van der Waals surface area contributed by atoms with Gasteiger partial charge in [0.05, 0.1) is 28.4 Å². The summed E-state index contributed by atoms with van der Waals surface area (Å²) < 4.78 is 22.5. The Kier molecular flexibility index (Phi) is 2.94. The molecule has 0 unspecified atom stereocenters. The Hall–Kier alpha value is -1.01. The minimum absolute atomic E-state index is 0.148. The molecule has 0 bridgehead atoms. The lowest BCUT2D eigenvalue weighted by Crippen LogP contribution is -2.40. The van der Waals surface area contributed by atoms with E-state index in [1.807, 2.05) is 4.90 Å². The number of halogens is 1. The van der Waals surface area contributed by atoms with E-state index in [0.29, 0.717) is 29.6 Å². The first kappa shape index (κ1) is 11.5. The molecule has 16 heavy (non-hydrogen) atoms. The molecule has 0 atom stereocenters. The van der Waals surface area contributed by atoms with Crippen molar-refractivity contribution in [1.29, 1.82) is 0 Å². The minimum Gasteiger partial charge on any atom is -0.397 e. The summed E-state index contributed by atoms with van der Waals surface area (Å²) in [6.45, 7) is 0.859. The van der Waals surface area contributed by atoms with Crippen LogP contribution in [0, 0.1) is 0 Å². The van der Waals surface area contributed by atoms with Crippen LogP contribution in [0.25, 0.3) is 0 Å². The normalized spacial score (nSPS) is 19.7. The second-order valence-corrected chi connectivity index (χ2v) is 6.42. The molecular formula is C9H12ClN3O2S. The maximum absolute atomic E-state index is 11.3. The Morgan fingerprint density at radius 3 is 2.56 bits per heavy atom. The first-order chi connectivity index (χ1) is 7.48. The topological polar surface area (TPSA) is 76.3 Å². The van der Waals surface area contributed by atoms with Crippen LogP contribution in [0.2, 0.25) is 5.02 Å². The molecule has 1 saturated heterocycles. The number of hydrogen-bond donors (Lipinski definition) is 1. The highest BCUT2D eigenvalue weighted by Crippen LogP contribution is 2.25. The van der Waals surface area contributed by atoms with Gasteiger partial charge in [-0.25, -0.2) is 13.4 Å². The van der Waals surface area contributed by atoms with Gasteiger partial charge in [0.2, 0.25) is 0 Å². The van der Waals surface area contributed by atoms with Gasteiger partial charge in [0.15, 0.2) is 9.84 Å². The molecule has 0 spiro atoms. The second-order valence-electron chi connectivity index (χ2n) is 3.71. The summed E-state index contributed by atoms with van der Waals surface area (Å²) in [6.07, 6.45) is 1.52. The number of pyridine rings is 1. The highest BCUT2D eigenvalue weighted by molar-refractivity contribution is 7.91. The number of hydrogen-bond acceptors (Lipinski definition) is 5. The van der Waals surface area contributed by atoms with Gasteiger partial charge in [-0.2, -0.15) is 0 Å². The summed E-state index contributed by atoms with van der Waals surface area (Å²) in [7, 11) is -2.88. The van der Waals surface area contributed by atoms with Crippen molar-refractivity contribution in [2.75, 3.05) is 35.2 Å². The highest BCUT2D eigenvalue weighted by atomic mass is 35.5. The van der Waals surface area contributed by atoms with Crippen LogP contribution in [0.3, 0.4) is 0 Å². The molecule has 0 radical (unpaired) electrons. The number of sulfone groups is 1. The fourth-order valence-electron chi connectivity index (χ4n) is 1.60. The molecule has 7 heteroatoms. The van der Waals surface area contributed by atoms with Crippen molar-refractivity contribution < 1.29 is 8.42 Å². The molecule has 0 aliphatic carbocycles. The molecule has 88 valence electrons. The lowest BCUT2D eigenvalue weighted by atomic mass is 10.3. The van der Waals surface area contributed by atoms with Gasteiger partial charge in [0.1, 0.15) is 5.82 Å².